The summed E-state index contributed by atoms with van der Waals surface area (Å²) in [5.74, 6) is 2.02. The van der Waals surface area contributed by atoms with Gasteiger partial charge in [-0.2, -0.15) is 0 Å². The van der Waals surface area contributed by atoms with E-state index in [2.05, 4.69) is 62.1 Å². The Labute approximate surface area is 128 Å². The highest BCUT2D eigenvalue weighted by molar-refractivity contribution is 5.58. The summed E-state index contributed by atoms with van der Waals surface area (Å²) in [7, 11) is 0. The third kappa shape index (κ3) is 2.90. The number of fused-ring (bicyclic) bond motifs is 2. The SMILES string of the molecule is C.CCN(CC)c1ccc2c(c1)Oc1cc(C)ccc1C2. The van der Waals surface area contributed by atoms with Gasteiger partial charge in [-0.05, 0) is 49.6 Å². The molecule has 0 N–H and O–H groups in total. The van der Waals surface area contributed by atoms with Crippen LogP contribution in [0.15, 0.2) is 36.4 Å². The summed E-state index contributed by atoms with van der Waals surface area (Å²) in [5.41, 5.74) is 5.04. The number of rotatable bonds is 3. The average Bonchev–Trinajstić information content (AvgIpc) is 2.46. The Bertz CT molecular complexity index is 629. The summed E-state index contributed by atoms with van der Waals surface area (Å²) >= 11 is 0. The van der Waals surface area contributed by atoms with Crippen LogP contribution in [0, 0.1) is 6.92 Å². The van der Waals surface area contributed by atoms with E-state index < -0.39 is 0 Å². The number of hydrogen-bond acceptors (Lipinski definition) is 2. The van der Waals surface area contributed by atoms with Gasteiger partial charge >= 0.3 is 0 Å². The molecule has 0 amide bonds. The van der Waals surface area contributed by atoms with Crippen molar-refractivity contribution in [3.8, 4) is 11.5 Å². The molecule has 0 bridgehead atoms. The average molecular weight is 283 g/mol. The molecule has 0 saturated heterocycles. The lowest BCUT2D eigenvalue weighted by molar-refractivity contribution is 0.459. The Morgan fingerprint density at radius 1 is 0.952 bits per heavy atom. The molecule has 0 atom stereocenters. The number of benzene rings is 2. The Hall–Kier alpha value is -1.96. The molecule has 1 aliphatic heterocycles. The zero-order chi connectivity index (χ0) is 14.1. The monoisotopic (exact) mass is 283 g/mol. The first-order valence-electron chi connectivity index (χ1n) is 7.36. The second kappa shape index (κ2) is 6.21. The van der Waals surface area contributed by atoms with Crippen molar-refractivity contribution in [3.63, 3.8) is 0 Å². The third-order valence-electron chi connectivity index (χ3n) is 4.00. The number of hydrogen-bond donors (Lipinski definition) is 0. The van der Waals surface area contributed by atoms with E-state index in [9.17, 15) is 0 Å². The van der Waals surface area contributed by atoms with Gasteiger partial charge in [0.25, 0.3) is 0 Å². The molecule has 2 aromatic carbocycles. The highest BCUT2D eigenvalue weighted by atomic mass is 16.5. The molecule has 0 saturated carbocycles. The van der Waals surface area contributed by atoms with E-state index in [0.29, 0.717) is 0 Å². The molecule has 2 heteroatoms. The van der Waals surface area contributed by atoms with Gasteiger partial charge in [0.2, 0.25) is 0 Å². The highest BCUT2D eigenvalue weighted by Crippen LogP contribution is 2.38. The number of nitrogens with zero attached hydrogens (tertiary/aromatic N) is 1. The van der Waals surface area contributed by atoms with Crippen LogP contribution < -0.4 is 9.64 Å². The first-order valence-corrected chi connectivity index (χ1v) is 7.36. The van der Waals surface area contributed by atoms with Crippen LogP contribution in [0.4, 0.5) is 5.69 Å². The fourth-order valence-electron chi connectivity index (χ4n) is 2.80. The van der Waals surface area contributed by atoms with E-state index in [1.807, 2.05) is 0 Å². The minimum absolute atomic E-state index is 0. The lowest BCUT2D eigenvalue weighted by atomic mass is 9.99. The van der Waals surface area contributed by atoms with Crippen LogP contribution in [0.1, 0.15) is 38.0 Å². The Morgan fingerprint density at radius 2 is 1.57 bits per heavy atom. The van der Waals surface area contributed by atoms with Gasteiger partial charge in [0.15, 0.2) is 0 Å². The van der Waals surface area contributed by atoms with Crippen LogP contribution in [0.5, 0.6) is 11.5 Å². The minimum Gasteiger partial charge on any atom is -0.457 e. The molecule has 0 spiro atoms. The molecule has 0 unspecified atom stereocenters. The third-order valence-corrected chi connectivity index (χ3v) is 4.00. The summed E-state index contributed by atoms with van der Waals surface area (Å²) in [5, 5.41) is 0. The van der Waals surface area contributed by atoms with Crippen LogP contribution >= 0.6 is 0 Å². The molecular formula is C19H25NO. The van der Waals surface area contributed by atoms with Crippen molar-refractivity contribution in [2.24, 2.45) is 0 Å². The van der Waals surface area contributed by atoms with E-state index in [-0.39, 0.29) is 7.43 Å². The smallest absolute Gasteiger partial charge is 0.133 e. The molecule has 3 rings (SSSR count). The van der Waals surface area contributed by atoms with Crippen molar-refractivity contribution in [3.05, 3.63) is 53.1 Å². The van der Waals surface area contributed by atoms with Crippen molar-refractivity contribution < 1.29 is 4.74 Å². The van der Waals surface area contributed by atoms with Gasteiger partial charge in [-0.25, -0.2) is 0 Å². The van der Waals surface area contributed by atoms with Gasteiger partial charge in [0, 0.05) is 31.3 Å². The molecule has 0 aliphatic carbocycles. The predicted molar refractivity (Wildman–Crippen MR) is 90.8 cm³/mol. The molecule has 1 aliphatic rings. The van der Waals surface area contributed by atoms with Crippen molar-refractivity contribution >= 4 is 5.69 Å². The van der Waals surface area contributed by atoms with Crippen LogP contribution in [-0.2, 0) is 6.42 Å². The second-order valence-corrected chi connectivity index (χ2v) is 5.35. The Balaban J connectivity index is 0.00000161. The van der Waals surface area contributed by atoms with E-state index in [1.165, 1.54) is 22.4 Å². The fraction of sp³-hybridized carbons (Fsp3) is 0.368. The molecule has 0 aromatic heterocycles. The van der Waals surface area contributed by atoms with E-state index >= 15 is 0 Å². The van der Waals surface area contributed by atoms with Gasteiger partial charge in [-0.15, -0.1) is 0 Å². The largest absolute Gasteiger partial charge is 0.457 e. The molecule has 1 heterocycles. The maximum Gasteiger partial charge on any atom is 0.133 e. The molecule has 0 radical (unpaired) electrons. The topological polar surface area (TPSA) is 12.5 Å². The minimum atomic E-state index is 0. The van der Waals surface area contributed by atoms with Gasteiger partial charge in [0.1, 0.15) is 11.5 Å². The van der Waals surface area contributed by atoms with E-state index in [4.69, 9.17) is 4.74 Å². The molecular weight excluding hydrogens is 258 g/mol. The van der Waals surface area contributed by atoms with Crippen molar-refractivity contribution in [1.29, 1.82) is 0 Å². The molecule has 2 nitrogen and oxygen atoms in total. The second-order valence-electron chi connectivity index (χ2n) is 5.35. The van der Waals surface area contributed by atoms with Gasteiger partial charge in [-0.1, -0.05) is 25.6 Å². The zero-order valence-electron chi connectivity index (χ0n) is 12.4. The van der Waals surface area contributed by atoms with Crippen LogP contribution in [-0.4, -0.2) is 13.1 Å². The summed E-state index contributed by atoms with van der Waals surface area (Å²) < 4.78 is 6.11. The summed E-state index contributed by atoms with van der Waals surface area (Å²) in [6.45, 7) is 8.51. The maximum atomic E-state index is 6.11. The maximum absolute atomic E-state index is 6.11. The lowest BCUT2D eigenvalue weighted by Gasteiger charge is -2.25. The Morgan fingerprint density at radius 3 is 2.24 bits per heavy atom. The Kier molecular flexibility index (Phi) is 4.56. The van der Waals surface area contributed by atoms with Crippen molar-refractivity contribution in [1.82, 2.24) is 0 Å². The zero-order valence-corrected chi connectivity index (χ0v) is 12.4. The van der Waals surface area contributed by atoms with Gasteiger partial charge in [0.05, 0.1) is 0 Å². The first-order chi connectivity index (χ1) is 9.71. The standard InChI is InChI=1S/C18H21NO.CH4/c1-4-19(5-2)16-9-8-15-11-14-7-6-13(3)10-17(14)20-18(15)12-16;/h6-10,12H,4-5,11H2,1-3H3;1H4. The van der Waals surface area contributed by atoms with Gasteiger partial charge < -0.3 is 9.64 Å². The quantitative estimate of drug-likeness (QED) is 0.657. The molecule has 2 aromatic rings. The molecule has 112 valence electrons. The van der Waals surface area contributed by atoms with E-state index in [1.54, 1.807) is 0 Å². The fourth-order valence-corrected chi connectivity index (χ4v) is 2.80. The van der Waals surface area contributed by atoms with Crippen molar-refractivity contribution in [2.75, 3.05) is 18.0 Å². The summed E-state index contributed by atoms with van der Waals surface area (Å²) in [4.78, 5) is 2.34. The number of ether oxygens (including phenoxy) is 1. The van der Waals surface area contributed by atoms with Crippen LogP contribution in [0.2, 0.25) is 0 Å². The lowest BCUT2D eigenvalue weighted by Crippen LogP contribution is -2.21. The number of aryl methyl sites for hydroxylation is 1. The summed E-state index contributed by atoms with van der Waals surface area (Å²) in [6, 6.07) is 13.0. The first kappa shape index (κ1) is 15.4. The van der Waals surface area contributed by atoms with E-state index in [0.717, 1.165) is 31.0 Å². The summed E-state index contributed by atoms with van der Waals surface area (Å²) in [6.07, 6.45) is 0.962. The predicted octanol–water partition coefficient (Wildman–Crippen LogP) is 5.17. The van der Waals surface area contributed by atoms with Crippen molar-refractivity contribution in [2.45, 2.75) is 34.6 Å². The van der Waals surface area contributed by atoms with Gasteiger partial charge in [-0.3, -0.25) is 0 Å². The molecule has 21 heavy (non-hydrogen) atoms. The highest BCUT2D eigenvalue weighted by Gasteiger charge is 2.18. The van der Waals surface area contributed by atoms with Crippen LogP contribution in [0.25, 0.3) is 0 Å². The molecule has 0 fully saturated rings. The normalized spacial score (nSPS) is 11.8. The van der Waals surface area contributed by atoms with Crippen LogP contribution in [0.3, 0.4) is 0 Å². The number of anilines is 1.